The van der Waals surface area contributed by atoms with E-state index < -0.39 is 0 Å². The summed E-state index contributed by atoms with van der Waals surface area (Å²) in [7, 11) is 0. The molecule has 0 atom stereocenters. The molecule has 94 valence electrons. The predicted molar refractivity (Wildman–Crippen MR) is 67.7 cm³/mol. The van der Waals surface area contributed by atoms with Crippen LogP contribution < -0.4 is 5.32 Å². The molecule has 2 nitrogen and oxygen atoms in total. The molecule has 0 unspecified atom stereocenters. The second-order valence-corrected chi connectivity index (χ2v) is 5.15. The number of rotatable bonds is 5. The molecule has 0 aromatic heterocycles. The molecule has 0 amide bonds. The fourth-order valence-corrected chi connectivity index (χ4v) is 1.72. The van der Waals surface area contributed by atoms with E-state index >= 15 is 0 Å². The number of nitrogens with one attached hydrogen (secondary N) is 1. The Balaban J connectivity index is 2.74. The summed E-state index contributed by atoms with van der Waals surface area (Å²) in [5, 5.41) is 3.11. The molecule has 17 heavy (non-hydrogen) atoms. The van der Waals surface area contributed by atoms with Gasteiger partial charge in [-0.15, -0.1) is 0 Å². The van der Waals surface area contributed by atoms with E-state index in [1.54, 1.807) is 19.9 Å². The van der Waals surface area contributed by atoms with E-state index in [0.29, 0.717) is 18.7 Å². The van der Waals surface area contributed by atoms with E-state index in [2.05, 4.69) is 19.2 Å². The largest absolute Gasteiger partial charge is 0.309 e. The number of halogens is 1. The van der Waals surface area contributed by atoms with Gasteiger partial charge in [0.1, 0.15) is 11.6 Å². The molecule has 1 aromatic rings. The summed E-state index contributed by atoms with van der Waals surface area (Å²) in [6.07, 6.45) is 0. The first-order chi connectivity index (χ1) is 7.83. The van der Waals surface area contributed by atoms with Gasteiger partial charge >= 0.3 is 0 Å². The Kier molecular flexibility index (Phi) is 4.40. The summed E-state index contributed by atoms with van der Waals surface area (Å²) in [5.41, 5.74) is 1.61. The first-order valence-corrected chi connectivity index (χ1v) is 5.80. The van der Waals surface area contributed by atoms with Crippen molar-refractivity contribution < 1.29 is 9.18 Å². The first kappa shape index (κ1) is 13.8. The molecule has 0 radical (unpaired) electrons. The summed E-state index contributed by atoms with van der Waals surface area (Å²) in [4.78, 5) is 10.9. The molecule has 0 saturated carbocycles. The molecule has 0 aliphatic rings. The van der Waals surface area contributed by atoms with Crippen molar-refractivity contribution in [1.29, 1.82) is 0 Å². The van der Waals surface area contributed by atoms with Crippen molar-refractivity contribution in [3.8, 4) is 0 Å². The Morgan fingerprint density at radius 2 is 2.06 bits per heavy atom. The van der Waals surface area contributed by atoms with Crippen LogP contribution in [0.1, 0.15) is 31.9 Å². The lowest BCUT2D eigenvalue weighted by molar-refractivity contribution is -0.116. The monoisotopic (exact) mass is 237 g/mol. The van der Waals surface area contributed by atoms with E-state index in [4.69, 9.17) is 0 Å². The van der Waals surface area contributed by atoms with Gasteiger partial charge in [-0.1, -0.05) is 26.0 Å². The van der Waals surface area contributed by atoms with Crippen molar-refractivity contribution in [2.45, 2.75) is 33.1 Å². The van der Waals surface area contributed by atoms with Crippen LogP contribution in [0, 0.1) is 12.7 Å². The minimum atomic E-state index is -0.179. The maximum Gasteiger partial charge on any atom is 0.143 e. The standard InChI is InChI=1S/C14H20FNO/c1-10-7-12(5-6-13(10)15)14(3,4)9-16-8-11(2)17/h5-7,16H,8-9H2,1-4H3. The molecule has 0 fully saturated rings. The average Bonchev–Trinajstić information content (AvgIpc) is 2.21. The van der Waals surface area contributed by atoms with Crippen molar-refractivity contribution in [3.63, 3.8) is 0 Å². The second-order valence-electron chi connectivity index (χ2n) is 5.15. The quantitative estimate of drug-likeness (QED) is 0.853. The summed E-state index contributed by atoms with van der Waals surface area (Å²) in [6, 6.07) is 5.17. The Labute approximate surface area is 102 Å². The van der Waals surface area contributed by atoms with Crippen LogP contribution in [0.4, 0.5) is 4.39 Å². The van der Waals surface area contributed by atoms with Gasteiger partial charge in [-0.25, -0.2) is 4.39 Å². The molecule has 1 aromatic carbocycles. The lowest BCUT2D eigenvalue weighted by atomic mass is 9.84. The van der Waals surface area contributed by atoms with Crippen molar-refractivity contribution in [2.75, 3.05) is 13.1 Å². The third-order valence-electron chi connectivity index (χ3n) is 2.88. The fraction of sp³-hybridized carbons (Fsp3) is 0.500. The van der Waals surface area contributed by atoms with Crippen LogP contribution in [0.5, 0.6) is 0 Å². The second kappa shape index (κ2) is 5.41. The van der Waals surface area contributed by atoms with Crippen LogP contribution in [0.15, 0.2) is 18.2 Å². The van der Waals surface area contributed by atoms with E-state index in [0.717, 1.165) is 5.56 Å². The summed E-state index contributed by atoms with van der Waals surface area (Å²) < 4.78 is 13.2. The highest BCUT2D eigenvalue weighted by Gasteiger charge is 2.20. The summed E-state index contributed by atoms with van der Waals surface area (Å²) in [6.45, 7) is 8.54. The van der Waals surface area contributed by atoms with Gasteiger partial charge in [0.25, 0.3) is 0 Å². The number of ketones is 1. The van der Waals surface area contributed by atoms with Crippen LogP contribution in [-0.4, -0.2) is 18.9 Å². The minimum Gasteiger partial charge on any atom is -0.309 e. The van der Waals surface area contributed by atoms with E-state index in [-0.39, 0.29) is 17.0 Å². The molecule has 0 saturated heterocycles. The Morgan fingerprint density at radius 3 is 2.59 bits per heavy atom. The molecular weight excluding hydrogens is 217 g/mol. The van der Waals surface area contributed by atoms with Gasteiger partial charge in [0.2, 0.25) is 0 Å². The molecule has 0 aliphatic heterocycles. The first-order valence-electron chi connectivity index (χ1n) is 5.80. The number of hydrogen-bond acceptors (Lipinski definition) is 2. The van der Waals surface area contributed by atoms with E-state index in [1.807, 2.05) is 6.07 Å². The van der Waals surface area contributed by atoms with Gasteiger partial charge in [0, 0.05) is 12.0 Å². The molecule has 0 aliphatic carbocycles. The van der Waals surface area contributed by atoms with Crippen molar-refractivity contribution in [3.05, 3.63) is 35.1 Å². The Morgan fingerprint density at radius 1 is 1.41 bits per heavy atom. The zero-order chi connectivity index (χ0) is 13.1. The van der Waals surface area contributed by atoms with Gasteiger partial charge in [-0.2, -0.15) is 0 Å². The van der Waals surface area contributed by atoms with Crippen LogP contribution in [0.3, 0.4) is 0 Å². The highest BCUT2D eigenvalue weighted by Crippen LogP contribution is 2.24. The maximum absolute atomic E-state index is 13.2. The molecule has 0 bridgehead atoms. The Bertz CT molecular complexity index is 413. The molecular formula is C14H20FNO. The smallest absolute Gasteiger partial charge is 0.143 e. The van der Waals surface area contributed by atoms with Crippen molar-refractivity contribution in [2.24, 2.45) is 0 Å². The average molecular weight is 237 g/mol. The summed E-state index contributed by atoms with van der Waals surface area (Å²) in [5.74, 6) is -0.0580. The highest BCUT2D eigenvalue weighted by molar-refractivity contribution is 5.77. The normalized spacial score (nSPS) is 11.6. The summed E-state index contributed by atoms with van der Waals surface area (Å²) >= 11 is 0. The van der Waals surface area contributed by atoms with Crippen LogP contribution in [0.25, 0.3) is 0 Å². The SMILES string of the molecule is CC(=O)CNCC(C)(C)c1ccc(F)c(C)c1. The van der Waals surface area contributed by atoms with Crippen LogP contribution >= 0.6 is 0 Å². The van der Waals surface area contributed by atoms with Gasteiger partial charge in [-0.05, 0) is 31.0 Å². The van der Waals surface area contributed by atoms with Crippen molar-refractivity contribution >= 4 is 5.78 Å². The number of hydrogen-bond donors (Lipinski definition) is 1. The number of Topliss-reactive ketones (excluding diaryl/α,β-unsaturated/α-hetero) is 1. The highest BCUT2D eigenvalue weighted by atomic mass is 19.1. The molecule has 0 spiro atoms. The van der Waals surface area contributed by atoms with Crippen LogP contribution in [-0.2, 0) is 10.2 Å². The third kappa shape index (κ3) is 3.93. The fourth-order valence-electron chi connectivity index (χ4n) is 1.72. The zero-order valence-electron chi connectivity index (χ0n) is 10.9. The van der Waals surface area contributed by atoms with Gasteiger partial charge < -0.3 is 5.32 Å². The third-order valence-corrected chi connectivity index (χ3v) is 2.88. The molecule has 1 rings (SSSR count). The predicted octanol–water partition coefficient (Wildman–Crippen LogP) is 2.59. The number of aryl methyl sites for hydroxylation is 1. The lowest BCUT2D eigenvalue weighted by Gasteiger charge is -2.26. The lowest BCUT2D eigenvalue weighted by Crippen LogP contribution is -2.35. The number of carbonyl (C=O) groups is 1. The van der Waals surface area contributed by atoms with Gasteiger partial charge in [0.15, 0.2) is 0 Å². The zero-order valence-corrected chi connectivity index (χ0v) is 10.9. The molecule has 0 heterocycles. The van der Waals surface area contributed by atoms with Gasteiger partial charge in [-0.3, -0.25) is 4.79 Å². The molecule has 1 N–H and O–H groups in total. The van der Waals surface area contributed by atoms with Gasteiger partial charge in [0.05, 0.1) is 6.54 Å². The maximum atomic E-state index is 13.2. The van der Waals surface area contributed by atoms with E-state index in [9.17, 15) is 9.18 Å². The minimum absolute atomic E-state index is 0.117. The van der Waals surface area contributed by atoms with Crippen LogP contribution in [0.2, 0.25) is 0 Å². The van der Waals surface area contributed by atoms with E-state index in [1.165, 1.54) is 6.07 Å². The Hall–Kier alpha value is -1.22. The molecule has 3 heteroatoms. The topological polar surface area (TPSA) is 29.1 Å². The number of carbonyl (C=O) groups excluding carboxylic acids is 1. The number of benzene rings is 1. The van der Waals surface area contributed by atoms with Crippen molar-refractivity contribution in [1.82, 2.24) is 5.32 Å².